The van der Waals surface area contributed by atoms with Crippen LogP contribution in [0.2, 0.25) is 0 Å². The third-order valence-electron chi connectivity index (χ3n) is 7.71. The van der Waals surface area contributed by atoms with Gasteiger partial charge in [-0.05, 0) is 59.4 Å². The lowest BCUT2D eigenvalue weighted by Gasteiger charge is -2.42. The third kappa shape index (κ3) is 4.38. The molecule has 3 heterocycles. The molecule has 10 nitrogen and oxygen atoms in total. The Bertz CT molecular complexity index is 1040. The molecule has 34 heavy (non-hydrogen) atoms. The van der Waals surface area contributed by atoms with E-state index in [-0.39, 0.29) is 24.2 Å². The molecule has 0 unspecified atom stereocenters. The van der Waals surface area contributed by atoms with Crippen molar-refractivity contribution in [2.45, 2.75) is 83.0 Å². The quantitative estimate of drug-likeness (QED) is 0.578. The van der Waals surface area contributed by atoms with Crippen LogP contribution in [0.5, 0.6) is 0 Å². The normalized spacial score (nSPS) is 32.1. The van der Waals surface area contributed by atoms with Crippen LogP contribution in [-0.2, 0) is 19.0 Å². The van der Waals surface area contributed by atoms with Gasteiger partial charge >= 0.3 is 5.97 Å². The first kappa shape index (κ1) is 23.4. The Labute approximate surface area is 200 Å². The number of imidazole rings is 1. The molecule has 0 bridgehead atoms. The summed E-state index contributed by atoms with van der Waals surface area (Å²) in [6.07, 6.45) is 7.86. The zero-order valence-corrected chi connectivity index (χ0v) is 20.5. The van der Waals surface area contributed by atoms with Gasteiger partial charge in [0.05, 0.1) is 25.1 Å². The number of rotatable bonds is 8. The molecule has 0 radical (unpaired) electrons. The monoisotopic (exact) mass is 472 g/mol. The van der Waals surface area contributed by atoms with Crippen molar-refractivity contribution in [1.29, 1.82) is 0 Å². The molecule has 3 fully saturated rings. The molecule has 2 aromatic heterocycles. The van der Waals surface area contributed by atoms with E-state index < -0.39 is 5.79 Å². The fourth-order valence-corrected chi connectivity index (χ4v) is 5.99. The number of esters is 1. The van der Waals surface area contributed by atoms with E-state index in [0.29, 0.717) is 42.2 Å². The Morgan fingerprint density at radius 1 is 1.24 bits per heavy atom. The van der Waals surface area contributed by atoms with Crippen LogP contribution >= 0.6 is 0 Å². The number of hydrogen-bond acceptors (Lipinski definition) is 9. The van der Waals surface area contributed by atoms with Crippen LogP contribution in [0, 0.1) is 11.8 Å². The molecule has 1 aliphatic heterocycles. The number of nitrogens with two attached hydrogens (primary N) is 1. The molecule has 10 heteroatoms. The molecule has 0 aromatic carbocycles. The Morgan fingerprint density at radius 2 is 2.00 bits per heavy atom. The molecule has 2 aromatic rings. The number of nitrogens with zero attached hydrogens (tertiary/aromatic N) is 5. The molecular formula is C24H36N6O4. The lowest BCUT2D eigenvalue weighted by molar-refractivity contribution is -0.161. The largest absolute Gasteiger partial charge is 0.466 e. The van der Waals surface area contributed by atoms with Gasteiger partial charge in [-0.3, -0.25) is 4.79 Å². The summed E-state index contributed by atoms with van der Waals surface area (Å²) in [4.78, 5) is 27.1. The first-order valence-electron chi connectivity index (χ1n) is 12.4. The number of carbonyl (C=O) groups is 1. The predicted octanol–water partition coefficient (Wildman–Crippen LogP) is 2.54. The smallest absolute Gasteiger partial charge is 0.305 e. The van der Waals surface area contributed by atoms with Crippen molar-refractivity contribution in [3.05, 3.63) is 12.7 Å². The summed E-state index contributed by atoms with van der Waals surface area (Å²) in [6.45, 7) is 7.21. The maximum atomic E-state index is 11.6. The van der Waals surface area contributed by atoms with Crippen molar-refractivity contribution in [2.75, 3.05) is 25.9 Å². The fourth-order valence-electron chi connectivity index (χ4n) is 5.99. The van der Waals surface area contributed by atoms with E-state index in [1.165, 1.54) is 6.33 Å². The van der Waals surface area contributed by atoms with Gasteiger partial charge in [-0.25, -0.2) is 15.0 Å². The van der Waals surface area contributed by atoms with Crippen LogP contribution in [-0.4, -0.2) is 74.6 Å². The number of ether oxygens (including phenoxy) is 3. The topological polar surface area (TPSA) is 118 Å². The molecule has 2 N–H and O–H groups in total. The highest BCUT2D eigenvalue weighted by Gasteiger charge is 2.55. The van der Waals surface area contributed by atoms with Gasteiger partial charge in [0.15, 0.2) is 17.3 Å². The van der Waals surface area contributed by atoms with Crippen LogP contribution in [0.25, 0.3) is 11.2 Å². The molecule has 5 rings (SSSR count). The summed E-state index contributed by atoms with van der Waals surface area (Å²) in [5, 5.41) is 0. The zero-order valence-electron chi connectivity index (χ0n) is 20.5. The highest BCUT2D eigenvalue weighted by atomic mass is 16.8. The summed E-state index contributed by atoms with van der Waals surface area (Å²) >= 11 is 0. The first-order valence-corrected chi connectivity index (χ1v) is 12.4. The van der Waals surface area contributed by atoms with E-state index in [1.54, 1.807) is 6.33 Å². The number of hydrogen-bond donors (Lipinski definition) is 1. The Balaban J connectivity index is 1.24. The Kier molecular flexibility index (Phi) is 6.24. The number of carbonyl (C=O) groups excluding carboxylic acids is 1. The highest BCUT2D eigenvalue weighted by Crippen LogP contribution is 2.48. The van der Waals surface area contributed by atoms with Crippen LogP contribution in [0.15, 0.2) is 12.7 Å². The molecular weight excluding hydrogens is 436 g/mol. The predicted molar refractivity (Wildman–Crippen MR) is 126 cm³/mol. The summed E-state index contributed by atoms with van der Waals surface area (Å²) in [5.41, 5.74) is 7.38. The lowest BCUT2D eigenvalue weighted by atomic mass is 9.76. The van der Waals surface area contributed by atoms with E-state index in [9.17, 15) is 4.79 Å². The standard InChI is InChI=1S/C24H36N6O4/c1-5-32-18(31)7-6-14-8-16(9-14)29(4)11-15-10-17(21-20(15)33-24(2,3)34-21)30-13-28-19-22(25)26-12-27-23(19)30/h12-17,20-21H,5-11H2,1-4H3,(H2,25,26,27)/t14?,15-,16?,17-,20-,21+/m1/s1. The first-order chi connectivity index (χ1) is 16.3. The second kappa shape index (κ2) is 9.05. The maximum absolute atomic E-state index is 11.6. The summed E-state index contributed by atoms with van der Waals surface area (Å²) < 4.78 is 19.9. The minimum Gasteiger partial charge on any atom is -0.466 e. The number of fused-ring (bicyclic) bond motifs is 2. The lowest BCUT2D eigenvalue weighted by Crippen LogP contribution is -2.46. The van der Waals surface area contributed by atoms with E-state index in [4.69, 9.17) is 19.9 Å². The van der Waals surface area contributed by atoms with Crippen LogP contribution in [0.3, 0.4) is 0 Å². The summed E-state index contributed by atoms with van der Waals surface area (Å²) in [5.74, 6) is 0.623. The van der Waals surface area contributed by atoms with Gasteiger partial charge in [0, 0.05) is 24.9 Å². The minimum absolute atomic E-state index is 0.0128. The van der Waals surface area contributed by atoms with Crippen molar-refractivity contribution < 1.29 is 19.0 Å². The van der Waals surface area contributed by atoms with Crippen molar-refractivity contribution in [3.63, 3.8) is 0 Å². The van der Waals surface area contributed by atoms with Gasteiger partial charge in [0.2, 0.25) is 0 Å². The van der Waals surface area contributed by atoms with Gasteiger partial charge in [0.25, 0.3) is 0 Å². The van der Waals surface area contributed by atoms with Gasteiger partial charge in [-0.1, -0.05) is 0 Å². The number of nitrogen functional groups attached to an aromatic ring is 1. The summed E-state index contributed by atoms with van der Waals surface area (Å²) in [7, 11) is 2.20. The van der Waals surface area contributed by atoms with Gasteiger partial charge in [-0.15, -0.1) is 0 Å². The third-order valence-corrected chi connectivity index (χ3v) is 7.71. The number of anilines is 1. The van der Waals surface area contributed by atoms with E-state index in [2.05, 4.69) is 31.5 Å². The van der Waals surface area contributed by atoms with Crippen molar-refractivity contribution in [3.8, 4) is 0 Å². The zero-order chi connectivity index (χ0) is 24.0. The second-order valence-corrected chi connectivity index (χ2v) is 10.5. The van der Waals surface area contributed by atoms with E-state index >= 15 is 0 Å². The van der Waals surface area contributed by atoms with E-state index in [1.807, 2.05) is 20.8 Å². The van der Waals surface area contributed by atoms with Crippen molar-refractivity contribution >= 4 is 23.0 Å². The molecule has 2 aliphatic carbocycles. The number of aromatic nitrogens is 4. The SMILES string of the molecule is CCOC(=O)CCC1CC(N(C)C[C@H]2C[C@@H](n3cnc4c(N)ncnc43)[C@@H]3OC(C)(C)O[C@H]23)C1. The average Bonchev–Trinajstić information content (AvgIpc) is 3.39. The Morgan fingerprint density at radius 3 is 2.76 bits per heavy atom. The molecule has 3 aliphatic rings. The molecule has 0 amide bonds. The van der Waals surface area contributed by atoms with Gasteiger partial charge < -0.3 is 29.4 Å². The summed E-state index contributed by atoms with van der Waals surface area (Å²) in [6, 6.07) is 0.616. The van der Waals surface area contributed by atoms with Crippen LogP contribution < -0.4 is 5.73 Å². The molecule has 1 saturated heterocycles. The molecule has 186 valence electrons. The maximum Gasteiger partial charge on any atom is 0.305 e. The molecule has 2 saturated carbocycles. The van der Waals surface area contributed by atoms with Crippen molar-refractivity contribution in [2.24, 2.45) is 11.8 Å². The van der Waals surface area contributed by atoms with Gasteiger partial charge in [-0.2, -0.15) is 0 Å². The fraction of sp³-hybridized carbons (Fsp3) is 0.750. The minimum atomic E-state index is -0.621. The van der Waals surface area contributed by atoms with E-state index in [0.717, 1.165) is 37.9 Å². The average molecular weight is 473 g/mol. The Hall–Kier alpha value is -2.30. The molecule has 4 atom stereocenters. The van der Waals surface area contributed by atoms with Crippen LogP contribution in [0.1, 0.15) is 58.9 Å². The second-order valence-electron chi connectivity index (χ2n) is 10.5. The molecule has 0 spiro atoms. The highest BCUT2D eigenvalue weighted by molar-refractivity contribution is 5.81. The van der Waals surface area contributed by atoms with Crippen LogP contribution in [0.4, 0.5) is 5.82 Å². The van der Waals surface area contributed by atoms with Gasteiger partial charge in [0.1, 0.15) is 17.9 Å². The van der Waals surface area contributed by atoms with Crippen molar-refractivity contribution in [1.82, 2.24) is 24.4 Å².